The summed E-state index contributed by atoms with van der Waals surface area (Å²) in [4.78, 5) is 0. The smallest absolute Gasteiger partial charge is 0.133 e. The Hall–Kier alpha value is -1.17. The number of methoxy groups -OCH3 is 1. The molecule has 0 aromatic heterocycles. The van der Waals surface area contributed by atoms with Gasteiger partial charge in [-0.05, 0) is 40.2 Å². The van der Waals surface area contributed by atoms with E-state index in [2.05, 4.69) is 15.9 Å². The summed E-state index contributed by atoms with van der Waals surface area (Å²) in [5.41, 5.74) is -0.256. The lowest BCUT2D eigenvalue weighted by Gasteiger charge is -2.17. The van der Waals surface area contributed by atoms with Crippen molar-refractivity contribution < 1.29 is 18.6 Å². The lowest BCUT2D eigenvalue weighted by Crippen LogP contribution is -2.07. The highest BCUT2D eigenvalue weighted by molar-refractivity contribution is 9.10. The summed E-state index contributed by atoms with van der Waals surface area (Å²) in [7, 11) is 1.34. The molecule has 1 atom stereocenters. The van der Waals surface area contributed by atoms with Crippen molar-refractivity contribution in [3.63, 3.8) is 0 Å². The number of hydrogen-bond donors (Lipinski definition) is 1. The largest absolute Gasteiger partial charge is 0.496 e. The van der Waals surface area contributed by atoms with Crippen LogP contribution < -0.4 is 4.74 Å². The molecule has 6 heteroatoms. The van der Waals surface area contributed by atoms with Gasteiger partial charge < -0.3 is 9.84 Å². The molecule has 0 aliphatic heterocycles. The Kier molecular flexibility index (Phi) is 4.62. The first kappa shape index (κ1) is 15.2. The van der Waals surface area contributed by atoms with Crippen molar-refractivity contribution in [1.82, 2.24) is 0 Å². The standard InChI is InChI=1S/C14H10BrClF2O2/c1-20-12-4-2-3-10(17)13(12)14(19)7-5-9(16)8(15)6-11(7)18/h2-6,14,19H,1H3. The SMILES string of the molecule is COc1cccc(F)c1C(O)c1cc(Cl)c(Br)cc1F. The highest BCUT2D eigenvalue weighted by Gasteiger charge is 2.23. The molecular formula is C14H10BrClF2O2. The van der Waals surface area contributed by atoms with Crippen LogP contribution in [-0.4, -0.2) is 12.2 Å². The number of rotatable bonds is 3. The lowest BCUT2D eigenvalue weighted by molar-refractivity contribution is 0.204. The van der Waals surface area contributed by atoms with E-state index < -0.39 is 17.7 Å². The van der Waals surface area contributed by atoms with Gasteiger partial charge in [0.15, 0.2) is 0 Å². The molecule has 20 heavy (non-hydrogen) atoms. The van der Waals surface area contributed by atoms with Crippen LogP contribution in [0.25, 0.3) is 0 Å². The van der Waals surface area contributed by atoms with Crippen molar-refractivity contribution in [3.8, 4) is 5.75 Å². The first-order valence-electron chi connectivity index (χ1n) is 5.60. The fraction of sp³-hybridized carbons (Fsp3) is 0.143. The summed E-state index contributed by atoms with van der Waals surface area (Å²) in [5, 5.41) is 10.5. The Morgan fingerprint density at radius 2 is 1.95 bits per heavy atom. The second-order valence-corrected chi connectivity index (χ2v) is 5.31. The van der Waals surface area contributed by atoms with Crippen molar-refractivity contribution in [1.29, 1.82) is 0 Å². The van der Waals surface area contributed by atoms with Crippen LogP contribution in [0.1, 0.15) is 17.2 Å². The van der Waals surface area contributed by atoms with Gasteiger partial charge in [-0.2, -0.15) is 0 Å². The maximum Gasteiger partial charge on any atom is 0.133 e. The van der Waals surface area contributed by atoms with E-state index in [0.717, 1.165) is 6.07 Å². The zero-order valence-corrected chi connectivity index (χ0v) is 12.7. The number of halogens is 4. The van der Waals surface area contributed by atoms with E-state index in [-0.39, 0.29) is 21.9 Å². The molecule has 1 unspecified atom stereocenters. The second kappa shape index (κ2) is 6.08. The molecule has 2 rings (SSSR count). The zero-order chi connectivity index (χ0) is 14.9. The monoisotopic (exact) mass is 362 g/mol. The van der Waals surface area contributed by atoms with Crippen LogP contribution in [0.5, 0.6) is 5.75 Å². The highest BCUT2D eigenvalue weighted by atomic mass is 79.9. The fourth-order valence-electron chi connectivity index (χ4n) is 1.86. The predicted molar refractivity (Wildman–Crippen MR) is 76.1 cm³/mol. The quantitative estimate of drug-likeness (QED) is 0.815. The summed E-state index contributed by atoms with van der Waals surface area (Å²) < 4.78 is 33.2. The molecule has 0 amide bonds. The number of benzene rings is 2. The highest BCUT2D eigenvalue weighted by Crippen LogP contribution is 2.36. The average molecular weight is 364 g/mol. The minimum atomic E-state index is -1.52. The Bertz CT molecular complexity index is 649. The van der Waals surface area contributed by atoms with Crippen LogP contribution in [0, 0.1) is 11.6 Å². The maximum atomic E-state index is 13.9. The molecule has 0 heterocycles. The molecule has 0 bridgehead atoms. The Labute approximate surface area is 128 Å². The third-order valence-electron chi connectivity index (χ3n) is 2.84. The molecule has 0 saturated heterocycles. The summed E-state index contributed by atoms with van der Waals surface area (Å²) in [6, 6.07) is 6.46. The Morgan fingerprint density at radius 3 is 2.60 bits per heavy atom. The van der Waals surface area contributed by atoms with Gasteiger partial charge in [0.05, 0.1) is 17.7 Å². The van der Waals surface area contributed by atoms with Crippen molar-refractivity contribution in [2.24, 2.45) is 0 Å². The van der Waals surface area contributed by atoms with Crippen LogP contribution in [0.4, 0.5) is 8.78 Å². The van der Waals surface area contributed by atoms with Crippen LogP contribution in [-0.2, 0) is 0 Å². The predicted octanol–water partition coefficient (Wildman–Crippen LogP) is 4.47. The van der Waals surface area contributed by atoms with E-state index in [1.165, 1.54) is 31.4 Å². The molecular weight excluding hydrogens is 354 g/mol. The Balaban J connectivity index is 2.57. The van der Waals surface area contributed by atoms with Gasteiger partial charge in [0.2, 0.25) is 0 Å². The van der Waals surface area contributed by atoms with Gasteiger partial charge in [-0.3, -0.25) is 0 Å². The van der Waals surface area contributed by atoms with Crippen molar-refractivity contribution in [2.75, 3.05) is 7.11 Å². The minimum absolute atomic E-state index is 0.124. The summed E-state index contributed by atoms with van der Waals surface area (Å²) in [6.07, 6.45) is -1.52. The maximum absolute atomic E-state index is 13.9. The fourth-order valence-corrected chi connectivity index (χ4v) is 2.35. The van der Waals surface area contributed by atoms with E-state index in [1.54, 1.807) is 0 Å². The van der Waals surface area contributed by atoms with Crippen LogP contribution in [0.3, 0.4) is 0 Å². The molecule has 0 aliphatic rings. The van der Waals surface area contributed by atoms with Gasteiger partial charge in [0, 0.05) is 10.0 Å². The van der Waals surface area contributed by atoms with Gasteiger partial charge in [-0.1, -0.05) is 17.7 Å². The van der Waals surface area contributed by atoms with Crippen LogP contribution in [0.15, 0.2) is 34.8 Å². The van der Waals surface area contributed by atoms with Crippen molar-refractivity contribution in [2.45, 2.75) is 6.10 Å². The van der Waals surface area contributed by atoms with E-state index in [9.17, 15) is 13.9 Å². The lowest BCUT2D eigenvalue weighted by atomic mass is 9.99. The molecule has 2 aromatic rings. The molecule has 0 aliphatic carbocycles. The minimum Gasteiger partial charge on any atom is -0.496 e. The molecule has 0 saturated carbocycles. The van der Waals surface area contributed by atoms with Gasteiger partial charge in [-0.15, -0.1) is 0 Å². The van der Waals surface area contributed by atoms with E-state index in [4.69, 9.17) is 16.3 Å². The zero-order valence-electron chi connectivity index (χ0n) is 10.3. The summed E-state index contributed by atoms with van der Waals surface area (Å²) >= 11 is 8.96. The molecule has 0 radical (unpaired) electrons. The average Bonchev–Trinajstić information content (AvgIpc) is 2.41. The van der Waals surface area contributed by atoms with Gasteiger partial charge in [0.1, 0.15) is 23.5 Å². The van der Waals surface area contributed by atoms with Crippen molar-refractivity contribution >= 4 is 27.5 Å². The molecule has 1 N–H and O–H groups in total. The molecule has 0 spiro atoms. The number of aliphatic hydroxyl groups excluding tert-OH is 1. The van der Waals surface area contributed by atoms with E-state index in [0.29, 0.717) is 4.47 Å². The van der Waals surface area contributed by atoms with Gasteiger partial charge in [-0.25, -0.2) is 8.78 Å². The normalized spacial score (nSPS) is 12.3. The van der Waals surface area contributed by atoms with E-state index >= 15 is 0 Å². The second-order valence-electron chi connectivity index (χ2n) is 4.05. The van der Waals surface area contributed by atoms with Crippen molar-refractivity contribution in [3.05, 3.63) is 62.6 Å². The van der Waals surface area contributed by atoms with E-state index in [1.807, 2.05) is 0 Å². The van der Waals surface area contributed by atoms with Gasteiger partial charge in [0.25, 0.3) is 0 Å². The third kappa shape index (κ3) is 2.80. The topological polar surface area (TPSA) is 29.5 Å². The molecule has 2 aromatic carbocycles. The summed E-state index contributed by atoms with van der Waals surface area (Å²) in [6.45, 7) is 0. The number of hydrogen-bond acceptors (Lipinski definition) is 2. The van der Waals surface area contributed by atoms with Crippen LogP contribution >= 0.6 is 27.5 Å². The molecule has 0 fully saturated rings. The first-order valence-corrected chi connectivity index (χ1v) is 6.77. The Morgan fingerprint density at radius 1 is 1.25 bits per heavy atom. The van der Waals surface area contributed by atoms with Crippen LogP contribution in [0.2, 0.25) is 5.02 Å². The number of aliphatic hydroxyl groups is 1. The molecule has 106 valence electrons. The number of ether oxygens (including phenoxy) is 1. The van der Waals surface area contributed by atoms with Gasteiger partial charge >= 0.3 is 0 Å². The third-order valence-corrected chi connectivity index (χ3v) is 4.04. The summed E-state index contributed by atoms with van der Waals surface area (Å²) in [5.74, 6) is -1.25. The molecule has 2 nitrogen and oxygen atoms in total. The first-order chi connectivity index (χ1) is 9.45.